The van der Waals surface area contributed by atoms with Gasteiger partial charge in [-0.3, -0.25) is 0 Å². The van der Waals surface area contributed by atoms with Crippen molar-refractivity contribution in [1.29, 1.82) is 0 Å². The molecule has 3 heteroatoms. The summed E-state index contributed by atoms with van der Waals surface area (Å²) in [5, 5.41) is 3.53. The van der Waals surface area contributed by atoms with Crippen LogP contribution in [0.2, 0.25) is 0 Å². The van der Waals surface area contributed by atoms with Gasteiger partial charge in [0.1, 0.15) is 6.10 Å². The minimum Gasteiger partial charge on any atom is -0.466 e. The van der Waals surface area contributed by atoms with Crippen LogP contribution in [0.15, 0.2) is 0 Å². The second-order valence-corrected chi connectivity index (χ2v) is 2.57. The lowest BCUT2D eigenvalue weighted by Gasteiger charge is -2.03. The molecular weight excluding hydrogens is 134 g/mol. The Balaban J connectivity index is 2.22. The number of ether oxygens (including phenoxy) is 1. The monoisotopic (exact) mass is 145 g/mol. The lowest BCUT2D eigenvalue weighted by Crippen LogP contribution is -2.14. The number of rotatable bonds is 2. The molecule has 1 unspecified atom stereocenters. The molecule has 1 atom stereocenters. The Morgan fingerprint density at radius 3 is 3.11 bits per heavy atom. The molecule has 0 spiro atoms. The molecule has 1 fully saturated rings. The van der Waals surface area contributed by atoms with E-state index in [-0.39, 0.29) is 0 Å². The van der Waals surface area contributed by atoms with Crippen LogP contribution in [0.5, 0.6) is 0 Å². The van der Waals surface area contributed by atoms with Crippen molar-refractivity contribution in [3.05, 3.63) is 0 Å². The fourth-order valence-electron chi connectivity index (χ4n) is 0.915. The van der Waals surface area contributed by atoms with Crippen molar-refractivity contribution in [2.75, 3.05) is 6.54 Å². The van der Waals surface area contributed by atoms with E-state index in [4.69, 9.17) is 17.0 Å². The molecule has 2 nitrogen and oxygen atoms in total. The van der Waals surface area contributed by atoms with E-state index in [1.807, 2.05) is 0 Å². The average Bonchev–Trinajstić information content (AvgIpc) is 2.17. The maximum atomic E-state index is 5.22. The zero-order valence-corrected chi connectivity index (χ0v) is 6.33. The van der Waals surface area contributed by atoms with Gasteiger partial charge in [-0.25, -0.2) is 0 Å². The molecule has 0 saturated carbocycles. The van der Waals surface area contributed by atoms with E-state index < -0.39 is 0 Å². The van der Waals surface area contributed by atoms with E-state index in [1.54, 1.807) is 0 Å². The van der Waals surface area contributed by atoms with Crippen molar-refractivity contribution in [3.63, 3.8) is 0 Å². The van der Waals surface area contributed by atoms with Crippen LogP contribution in [0.25, 0.3) is 0 Å². The maximum absolute atomic E-state index is 5.22. The topological polar surface area (TPSA) is 21.3 Å². The van der Waals surface area contributed by atoms with Crippen LogP contribution in [-0.4, -0.2) is 17.8 Å². The van der Waals surface area contributed by atoms with Gasteiger partial charge in [0.15, 0.2) is 0 Å². The molecule has 1 N–H and O–H groups in total. The zero-order valence-electron chi connectivity index (χ0n) is 5.52. The quantitative estimate of drug-likeness (QED) is 0.587. The average molecular weight is 145 g/mol. The third kappa shape index (κ3) is 1.82. The van der Waals surface area contributed by atoms with Crippen molar-refractivity contribution in [2.45, 2.75) is 25.9 Å². The third-order valence-corrected chi connectivity index (χ3v) is 1.60. The Hall–Kier alpha value is -0.310. The van der Waals surface area contributed by atoms with Gasteiger partial charge < -0.3 is 10.1 Å². The molecule has 0 aromatic carbocycles. The fourth-order valence-corrected chi connectivity index (χ4v) is 1.13. The first-order valence-electron chi connectivity index (χ1n) is 3.27. The highest BCUT2D eigenvalue weighted by Gasteiger charge is 2.17. The highest BCUT2D eigenvalue weighted by Crippen LogP contribution is 2.06. The van der Waals surface area contributed by atoms with Crippen LogP contribution in [-0.2, 0) is 4.74 Å². The van der Waals surface area contributed by atoms with Gasteiger partial charge >= 0.3 is 0 Å². The van der Waals surface area contributed by atoms with Gasteiger partial charge in [-0.15, -0.1) is 0 Å². The van der Waals surface area contributed by atoms with Gasteiger partial charge in [-0.1, -0.05) is 13.3 Å². The molecule has 1 aliphatic rings. The zero-order chi connectivity index (χ0) is 6.69. The van der Waals surface area contributed by atoms with Gasteiger partial charge in [0.2, 0.25) is 0 Å². The van der Waals surface area contributed by atoms with Crippen molar-refractivity contribution in [1.82, 2.24) is 5.32 Å². The Labute approximate surface area is 60.6 Å². The Bertz CT molecular complexity index is 116. The highest BCUT2D eigenvalue weighted by molar-refractivity contribution is 7.80. The van der Waals surface area contributed by atoms with Gasteiger partial charge in [0, 0.05) is 0 Å². The Kier molecular flexibility index (Phi) is 2.28. The minimum absolute atomic E-state index is 0.336. The Morgan fingerprint density at radius 2 is 2.67 bits per heavy atom. The summed E-state index contributed by atoms with van der Waals surface area (Å²) < 4.78 is 5.22. The van der Waals surface area contributed by atoms with Gasteiger partial charge in [-0.2, -0.15) is 0 Å². The number of hydrogen-bond donors (Lipinski definition) is 1. The van der Waals surface area contributed by atoms with Crippen molar-refractivity contribution in [3.8, 4) is 0 Å². The summed E-state index contributed by atoms with van der Waals surface area (Å²) in [5.74, 6) is 0. The summed E-state index contributed by atoms with van der Waals surface area (Å²) in [5.41, 5.74) is 0. The molecule has 1 aliphatic heterocycles. The lowest BCUT2D eigenvalue weighted by molar-refractivity contribution is 0.223. The van der Waals surface area contributed by atoms with Crippen molar-refractivity contribution < 1.29 is 4.74 Å². The summed E-state index contributed by atoms with van der Waals surface area (Å²) in [6, 6.07) is 0. The summed E-state index contributed by atoms with van der Waals surface area (Å²) in [6.45, 7) is 3.04. The first-order chi connectivity index (χ1) is 4.33. The van der Waals surface area contributed by atoms with E-state index in [0.717, 1.165) is 19.4 Å². The van der Waals surface area contributed by atoms with E-state index in [9.17, 15) is 0 Å². The van der Waals surface area contributed by atoms with Crippen LogP contribution in [0.3, 0.4) is 0 Å². The molecule has 1 saturated heterocycles. The SMILES string of the molecule is CCCC1CNC(=S)O1. The van der Waals surface area contributed by atoms with Crippen LogP contribution >= 0.6 is 12.2 Å². The third-order valence-electron chi connectivity index (χ3n) is 1.36. The predicted octanol–water partition coefficient (Wildman–Crippen LogP) is 1.06. The highest BCUT2D eigenvalue weighted by atomic mass is 32.1. The molecule has 0 bridgehead atoms. The summed E-state index contributed by atoms with van der Waals surface area (Å²) in [6.07, 6.45) is 2.60. The summed E-state index contributed by atoms with van der Waals surface area (Å²) >= 11 is 4.78. The van der Waals surface area contributed by atoms with Gasteiger partial charge in [0.25, 0.3) is 5.17 Å². The maximum Gasteiger partial charge on any atom is 0.257 e. The predicted molar refractivity (Wildman–Crippen MR) is 40.4 cm³/mol. The molecule has 1 heterocycles. The van der Waals surface area contributed by atoms with E-state index >= 15 is 0 Å². The first-order valence-corrected chi connectivity index (χ1v) is 3.68. The van der Waals surface area contributed by atoms with E-state index in [1.165, 1.54) is 0 Å². The smallest absolute Gasteiger partial charge is 0.257 e. The van der Waals surface area contributed by atoms with E-state index in [2.05, 4.69) is 12.2 Å². The molecular formula is C6H11NOS. The fraction of sp³-hybridized carbons (Fsp3) is 0.833. The second-order valence-electron chi connectivity index (χ2n) is 2.20. The largest absolute Gasteiger partial charge is 0.466 e. The van der Waals surface area contributed by atoms with Crippen LogP contribution in [0.4, 0.5) is 0 Å². The molecule has 0 aromatic heterocycles. The van der Waals surface area contributed by atoms with Crippen molar-refractivity contribution >= 4 is 17.4 Å². The Morgan fingerprint density at radius 1 is 1.89 bits per heavy atom. The summed E-state index contributed by atoms with van der Waals surface area (Å²) in [7, 11) is 0. The van der Waals surface area contributed by atoms with Crippen LogP contribution < -0.4 is 5.32 Å². The number of thiocarbonyl (C=S) groups is 1. The van der Waals surface area contributed by atoms with Crippen LogP contribution in [0, 0.1) is 0 Å². The number of nitrogens with one attached hydrogen (secondary N) is 1. The summed E-state index contributed by atoms with van der Waals surface area (Å²) in [4.78, 5) is 0. The molecule has 0 aromatic rings. The van der Waals surface area contributed by atoms with Gasteiger partial charge in [-0.05, 0) is 18.6 Å². The van der Waals surface area contributed by atoms with E-state index in [0.29, 0.717) is 11.3 Å². The molecule has 0 amide bonds. The lowest BCUT2D eigenvalue weighted by atomic mass is 10.2. The van der Waals surface area contributed by atoms with Crippen molar-refractivity contribution in [2.24, 2.45) is 0 Å². The second kappa shape index (κ2) is 3.01. The first kappa shape index (κ1) is 6.81. The molecule has 9 heavy (non-hydrogen) atoms. The molecule has 0 aliphatic carbocycles. The standard InChI is InChI=1S/C6H11NOS/c1-2-3-5-4-7-6(9)8-5/h5H,2-4H2,1H3,(H,7,9). The normalized spacial score (nSPS) is 25.4. The molecule has 52 valence electrons. The van der Waals surface area contributed by atoms with Gasteiger partial charge in [0.05, 0.1) is 6.54 Å². The number of hydrogen-bond acceptors (Lipinski definition) is 2. The van der Waals surface area contributed by atoms with Crippen LogP contribution in [0.1, 0.15) is 19.8 Å². The minimum atomic E-state index is 0.336. The molecule has 1 rings (SSSR count). The molecule has 0 radical (unpaired) electrons.